The standard InChI is InChI=1S/C31H37FN2O2/c1-4-6-10-20-35-24(3)11-8-7-9-12-25-13-18-29(30(32)21-25)27-22-33-31(34-23-27)26-14-16-28(17-15-26)36-19-5-2/h5,9,12-18,21-24H,2,4,6-8,10-11,19-20H2,1,3H3/b12-9+. The van der Waals surface area contributed by atoms with Crippen LogP contribution in [0.3, 0.4) is 0 Å². The molecule has 0 saturated carbocycles. The Labute approximate surface area is 214 Å². The predicted molar refractivity (Wildman–Crippen MR) is 146 cm³/mol. The predicted octanol–water partition coefficient (Wildman–Crippen LogP) is 8.29. The summed E-state index contributed by atoms with van der Waals surface area (Å²) in [6, 6.07) is 12.8. The molecule has 3 aromatic rings. The molecule has 5 heteroatoms. The molecule has 0 spiro atoms. The molecule has 0 saturated heterocycles. The maximum Gasteiger partial charge on any atom is 0.159 e. The maximum atomic E-state index is 14.8. The summed E-state index contributed by atoms with van der Waals surface area (Å²) >= 11 is 0. The molecule has 0 radical (unpaired) electrons. The molecular weight excluding hydrogens is 451 g/mol. The highest BCUT2D eigenvalue weighted by atomic mass is 19.1. The molecule has 36 heavy (non-hydrogen) atoms. The average Bonchev–Trinajstić information content (AvgIpc) is 2.90. The minimum atomic E-state index is -0.286. The summed E-state index contributed by atoms with van der Waals surface area (Å²) in [6.07, 6.45) is 16.0. The Bertz CT molecular complexity index is 1090. The summed E-state index contributed by atoms with van der Waals surface area (Å²) in [5, 5.41) is 0. The average molecular weight is 489 g/mol. The monoisotopic (exact) mass is 488 g/mol. The molecule has 3 rings (SSSR count). The van der Waals surface area contributed by atoms with Gasteiger partial charge in [0.1, 0.15) is 18.2 Å². The van der Waals surface area contributed by atoms with E-state index in [1.54, 1.807) is 30.6 Å². The van der Waals surface area contributed by atoms with Crippen LogP contribution >= 0.6 is 0 Å². The third-order valence-corrected chi connectivity index (χ3v) is 5.88. The lowest BCUT2D eigenvalue weighted by Gasteiger charge is -2.12. The summed E-state index contributed by atoms with van der Waals surface area (Å²) in [7, 11) is 0. The molecule has 190 valence electrons. The van der Waals surface area contributed by atoms with Gasteiger partial charge in [0.05, 0.1) is 6.10 Å². The van der Waals surface area contributed by atoms with Gasteiger partial charge in [-0.25, -0.2) is 14.4 Å². The fourth-order valence-electron chi connectivity index (χ4n) is 3.80. The quantitative estimate of drug-likeness (QED) is 0.159. The van der Waals surface area contributed by atoms with Gasteiger partial charge < -0.3 is 9.47 Å². The van der Waals surface area contributed by atoms with Crippen LogP contribution < -0.4 is 4.74 Å². The van der Waals surface area contributed by atoms with Gasteiger partial charge in [0, 0.05) is 35.7 Å². The zero-order valence-corrected chi connectivity index (χ0v) is 21.5. The van der Waals surface area contributed by atoms with Crippen LogP contribution in [0.15, 0.2) is 73.6 Å². The second-order valence-corrected chi connectivity index (χ2v) is 8.88. The van der Waals surface area contributed by atoms with Crippen molar-refractivity contribution in [2.45, 2.75) is 58.5 Å². The van der Waals surface area contributed by atoms with Crippen molar-refractivity contribution in [1.82, 2.24) is 9.97 Å². The fraction of sp³-hybridized carbons (Fsp3) is 0.355. The van der Waals surface area contributed by atoms with E-state index in [2.05, 4.69) is 36.5 Å². The van der Waals surface area contributed by atoms with E-state index in [-0.39, 0.29) is 11.9 Å². The first kappa shape index (κ1) is 27.3. The smallest absolute Gasteiger partial charge is 0.159 e. The van der Waals surface area contributed by atoms with Gasteiger partial charge in [0.15, 0.2) is 5.82 Å². The first-order chi connectivity index (χ1) is 17.6. The molecule has 0 aliphatic carbocycles. The van der Waals surface area contributed by atoms with Crippen molar-refractivity contribution in [2.75, 3.05) is 13.2 Å². The lowest BCUT2D eigenvalue weighted by Crippen LogP contribution is -2.08. The van der Waals surface area contributed by atoms with Crippen molar-refractivity contribution in [1.29, 1.82) is 0 Å². The van der Waals surface area contributed by atoms with Gasteiger partial charge in [0.25, 0.3) is 0 Å². The molecule has 0 bridgehead atoms. The molecule has 2 aromatic carbocycles. The Morgan fingerprint density at radius 1 is 1.00 bits per heavy atom. The number of rotatable bonds is 15. The van der Waals surface area contributed by atoms with Gasteiger partial charge in [-0.2, -0.15) is 0 Å². The Kier molecular flexibility index (Phi) is 11.3. The van der Waals surface area contributed by atoms with Crippen LogP contribution in [-0.4, -0.2) is 29.3 Å². The molecule has 0 aliphatic rings. The summed E-state index contributed by atoms with van der Waals surface area (Å²) in [5.41, 5.74) is 2.84. The van der Waals surface area contributed by atoms with E-state index in [0.717, 1.165) is 49.2 Å². The van der Waals surface area contributed by atoms with E-state index in [4.69, 9.17) is 9.47 Å². The van der Waals surface area contributed by atoms with E-state index in [1.807, 2.05) is 36.4 Å². The summed E-state index contributed by atoms with van der Waals surface area (Å²) in [5.74, 6) is 1.05. The normalized spacial score (nSPS) is 12.1. The highest BCUT2D eigenvalue weighted by Crippen LogP contribution is 2.25. The van der Waals surface area contributed by atoms with Gasteiger partial charge in [-0.15, -0.1) is 0 Å². The molecule has 0 amide bonds. The van der Waals surface area contributed by atoms with Gasteiger partial charge >= 0.3 is 0 Å². The first-order valence-corrected chi connectivity index (χ1v) is 12.8. The van der Waals surface area contributed by atoms with Crippen LogP contribution in [0.2, 0.25) is 0 Å². The molecule has 1 unspecified atom stereocenters. The van der Waals surface area contributed by atoms with E-state index < -0.39 is 0 Å². The highest BCUT2D eigenvalue weighted by Gasteiger charge is 2.08. The number of hydrogen-bond acceptors (Lipinski definition) is 4. The number of unbranched alkanes of at least 4 members (excludes halogenated alkanes) is 3. The SMILES string of the molecule is C=CCOc1ccc(-c2ncc(-c3ccc(/C=C/CCCC(C)OCCCCC)cc3F)cn2)cc1. The zero-order chi connectivity index (χ0) is 25.6. The molecular formula is C31H37FN2O2. The van der Waals surface area contributed by atoms with E-state index in [1.165, 1.54) is 12.8 Å². The topological polar surface area (TPSA) is 44.2 Å². The highest BCUT2D eigenvalue weighted by molar-refractivity contribution is 5.66. The van der Waals surface area contributed by atoms with Crippen LogP contribution in [0.25, 0.3) is 28.6 Å². The van der Waals surface area contributed by atoms with Crippen molar-refractivity contribution < 1.29 is 13.9 Å². The third-order valence-electron chi connectivity index (χ3n) is 5.88. The van der Waals surface area contributed by atoms with E-state index in [9.17, 15) is 4.39 Å². The van der Waals surface area contributed by atoms with Crippen molar-refractivity contribution in [3.63, 3.8) is 0 Å². The molecule has 0 N–H and O–H groups in total. The number of ether oxygens (including phenoxy) is 2. The summed E-state index contributed by atoms with van der Waals surface area (Å²) in [6.45, 7) is 9.28. The summed E-state index contributed by atoms with van der Waals surface area (Å²) in [4.78, 5) is 8.87. The number of halogens is 1. The lowest BCUT2D eigenvalue weighted by molar-refractivity contribution is 0.0566. The Hall–Kier alpha value is -3.31. The number of allylic oxidation sites excluding steroid dienone is 1. The van der Waals surface area contributed by atoms with Crippen molar-refractivity contribution in [2.24, 2.45) is 0 Å². The Morgan fingerprint density at radius 3 is 2.47 bits per heavy atom. The molecule has 1 aromatic heterocycles. The zero-order valence-electron chi connectivity index (χ0n) is 21.5. The second kappa shape index (κ2) is 14.9. The fourth-order valence-corrected chi connectivity index (χ4v) is 3.80. The lowest BCUT2D eigenvalue weighted by atomic mass is 10.0. The minimum Gasteiger partial charge on any atom is -0.490 e. The van der Waals surface area contributed by atoms with E-state index >= 15 is 0 Å². The molecule has 4 nitrogen and oxygen atoms in total. The van der Waals surface area contributed by atoms with Crippen LogP contribution in [0.1, 0.15) is 57.9 Å². The molecule has 1 heterocycles. The van der Waals surface area contributed by atoms with Gasteiger partial charge in [-0.1, -0.05) is 56.7 Å². The molecule has 1 atom stereocenters. The van der Waals surface area contributed by atoms with Gasteiger partial charge in [0.2, 0.25) is 0 Å². The van der Waals surface area contributed by atoms with Crippen molar-refractivity contribution in [3.05, 3.63) is 85.0 Å². The largest absolute Gasteiger partial charge is 0.490 e. The van der Waals surface area contributed by atoms with Crippen LogP contribution in [-0.2, 0) is 4.74 Å². The maximum absolute atomic E-state index is 14.8. The Balaban J connectivity index is 1.51. The third kappa shape index (κ3) is 8.72. The van der Waals surface area contributed by atoms with Crippen LogP contribution in [0, 0.1) is 5.82 Å². The van der Waals surface area contributed by atoms with Gasteiger partial charge in [-0.05, 0) is 68.5 Å². The minimum absolute atomic E-state index is 0.286. The van der Waals surface area contributed by atoms with Gasteiger partial charge in [-0.3, -0.25) is 0 Å². The number of nitrogens with zero attached hydrogens (tertiary/aromatic N) is 2. The second-order valence-electron chi connectivity index (χ2n) is 8.88. The van der Waals surface area contributed by atoms with Crippen LogP contribution in [0.4, 0.5) is 4.39 Å². The van der Waals surface area contributed by atoms with Crippen molar-refractivity contribution in [3.8, 4) is 28.3 Å². The Morgan fingerprint density at radius 2 is 1.78 bits per heavy atom. The van der Waals surface area contributed by atoms with Crippen molar-refractivity contribution >= 4 is 6.08 Å². The number of aromatic nitrogens is 2. The molecule has 0 fully saturated rings. The number of benzene rings is 2. The number of hydrogen-bond donors (Lipinski definition) is 0. The van der Waals surface area contributed by atoms with E-state index in [0.29, 0.717) is 23.6 Å². The summed E-state index contributed by atoms with van der Waals surface area (Å²) < 4.78 is 26.2. The molecule has 0 aliphatic heterocycles. The van der Waals surface area contributed by atoms with Crippen LogP contribution in [0.5, 0.6) is 5.75 Å². The first-order valence-electron chi connectivity index (χ1n) is 12.8.